The Hall–Kier alpha value is -2.21. The van der Waals surface area contributed by atoms with E-state index in [9.17, 15) is 4.79 Å². The van der Waals surface area contributed by atoms with Crippen molar-refractivity contribution < 1.29 is 19.0 Å². The van der Waals surface area contributed by atoms with Crippen molar-refractivity contribution in [3.63, 3.8) is 0 Å². The maximum Gasteiger partial charge on any atom is 0.261 e. The number of methoxy groups -OCH3 is 3. The van der Waals surface area contributed by atoms with E-state index >= 15 is 0 Å². The monoisotopic (exact) mass is 321 g/mol. The summed E-state index contributed by atoms with van der Waals surface area (Å²) < 4.78 is 15.9. The van der Waals surface area contributed by atoms with Crippen molar-refractivity contribution in [3.05, 3.63) is 39.6 Å². The second-order valence-electron chi connectivity index (χ2n) is 4.65. The summed E-state index contributed by atoms with van der Waals surface area (Å²) in [6, 6.07) is 5.57. The van der Waals surface area contributed by atoms with Gasteiger partial charge in [0.1, 0.15) is 0 Å². The highest BCUT2D eigenvalue weighted by Gasteiger charge is 2.14. The number of hydrogen-bond acceptors (Lipinski definition) is 5. The quantitative estimate of drug-likeness (QED) is 0.888. The summed E-state index contributed by atoms with van der Waals surface area (Å²) in [5, 5.41) is 4.81. The number of rotatable bonds is 6. The molecule has 1 aromatic carbocycles. The Morgan fingerprint density at radius 1 is 1.14 bits per heavy atom. The predicted molar refractivity (Wildman–Crippen MR) is 86.3 cm³/mol. The third kappa shape index (κ3) is 3.33. The number of amides is 1. The summed E-state index contributed by atoms with van der Waals surface area (Å²) in [7, 11) is 4.69. The first-order chi connectivity index (χ1) is 10.6. The van der Waals surface area contributed by atoms with E-state index in [1.807, 2.05) is 30.5 Å². The molecule has 0 fully saturated rings. The van der Waals surface area contributed by atoms with E-state index in [0.717, 1.165) is 16.0 Å². The van der Waals surface area contributed by atoms with Gasteiger partial charge in [-0.05, 0) is 41.6 Å². The fraction of sp³-hybridized carbons (Fsp3) is 0.312. The molecule has 0 aliphatic rings. The summed E-state index contributed by atoms with van der Waals surface area (Å²) >= 11 is 1.43. The van der Waals surface area contributed by atoms with Crippen LogP contribution < -0.4 is 19.5 Å². The SMILES string of the molecule is COc1cc(CNC(=O)c2sccc2C)cc(OC)c1OC. The molecular formula is C16H19NO4S. The Bertz CT molecular complexity index is 641. The fourth-order valence-corrected chi connectivity index (χ4v) is 2.95. The van der Waals surface area contributed by atoms with Crippen LogP contribution in [0.4, 0.5) is 0 Å². The highest BCUT2D eigenvalue weighted by atomic mass is 32.1. The third-order valence-corrected chi connectivity index (χ3v) is 4.26. The molecule has 1 aromatic heterocycles. The van der Waals surface area contributed by atoms with E-state index in [1.54, 1.807) is 21.3 Å². The van der Waals surface area contributed by atoms with Gasteiger partial charge in [-0.25, -0.2) is 0 Å². The van der Waals surface area contributed by atoms with Gasteiger partial charge in [-0.1, -0.05) is 0 Å². The van der Waals surface area contributed by atoms with Crippen LogP contribution in [0.2, 0.25) is 0 Å². The number of aryl methyl sites for hydroxylation is 1. The van der Waals surface area contributed by atoms with E-state index < -0.39 is 0 Å². The first kappa shape index (κ1) is 16.2. The van der Waals surface area contributed by atoms with Gasteiger partial charge in [0.25, 0.3) is 5.91 Å². The Morgan fingerprint density at radius 3 is 2.23 bits per heavy atom. The maximum atomic E-state index is 12.1. The van der Waals surface area contributed by atoms with Crippen molar-refractivity contribution >= 4 is 17.2 Å². The van der Waals surface area contributed by atoms with Gasteiger partial charge in [0.15, 0.2) is 11.5 Å². The minimum absolute atomic E-state index is 0.0822. The van der Waals surface area contributed by atoms with Crippen molar-refractivity contribution in [2.24, 2.45) is 0 Å². The van der Waals surface area contributed by atoms with E-state index in [-0.39, 0.29) is 5.91 Å². The molecule has 2 rings (SSSR count). The van der Waals surface area contributed by atoms with Crippen LogP contribution in [-0.2, 0) is 6.54 Å². The molecule has 0 aliphatic carbocycles. The highest BCUT2D eigenvalue weighted by Crippen LogP contribution is 2.38. The van der Waals surface area contributed by atoms with Crippen LogP contribution in [0.1, 0.15) is 20.8 Å². The van der Waals surface area contributed by atoms with E-state index in [0.29, 0.717) is 23.8 Å². The number of carbonyl (C=O) groups is 1. The molecule has 0 spiro atoms. The molecule has 0 aliphatic heterocycles. The lowest BCUT2D eigenvalue weighted by atomic mass is 10.1. The van der Waals surface area contributed by atoms with Gasteiger partial charge in [0, 0.05) is 6.54 Å². The van der Waals surface area contributed by atoms with Gasteiger partial charge in [0.05, 0.1) is 26.2 Å². The van der Waals surface area contributed by atoms with Crippen LogP contribution in [0.15, 0.2) is 23.6 Å². The summed E-state index contributed by atoms with van der Waals surface area (Å²) in [4.78, 5) is 12.9. The lowest BCUT2D eigenvalue weighted by Crippen LogP contribution is -2.22. The number of thiophene rings is 1. The van der Waals surface area contributed by atoms with Crippen molar-refractivity contribution in [1.82, 2.24) is 5.32 Å². The smallest absolute Gasteiger partial charge is 0.261 e. The molecule has 1 heterocycles. The largest absolute Gasteiger partial charge is 0.493 e. The third-order valence-electron chi connectivity index (χ3n) is 3.25. The summed E-state index contributed by atoms with van der Waals surface area (Å²) in [6.07, 6.45) is 0. The van der Waals surface area contributed by atoms with Crippen LogP contribution in [-0.4, -0.2) is 27.2 Å². The van der Waals surface area contributed by atoms with Crippen LogP contribution in [0.3, 0.4) is 0 Å². The zero-order chi connectivity index (χ0) is 16.1. The molecule has 0 saturated carbocycles. The average Bonchev–Trinajstić information content (AvgIpc) is 2.97. The van der Waals surface area contributed by atoms with E-state index in [1.165, 1.54) is 11.3 Å². The number of benzene rings is 1. The molecule has 22 heavy (non-hydrogen) atoms. The average molecular weight is 321 g/mol. The molecule has 6 heteroatoms. The Morgan fingerprint density at radius 2 is 1.77 bits per heavy atom. The molecule has 1 amide bonds. The van der Waals surface area contributed by atoms with Crippen LogP contribution >= 0.6 is 11.3 Å². The molecule has 0 radical (unpaired) electrons. The minimum atomic E-state index is -0.0822. The molecule has 0 unspecified atom stereocenters. The number of ether oxygens (including phenoxy) is 3. The van der Waals surface area contributed by atoms with Crippen LogP contribution in [0.25, 0.3) is 0 Å². The summed E-state index contributed by atoms with van der Waals surface area (Å²) in [5.74, 6) is 1.59. The van der Waals surface area contributed by atoms with E-state index in [2.05, 4.69) is 5.32 Å². The highest BCUT2D eigenvalue weighted by molar-refractivity contribution is 7.12. The molecule has 1 N–H and O–H groups in total. The minimum Gasteiger partial charge on any atom is -0.493 e. The molecule has 2 aromatic rings. The predicted octanol–water partition coefficient (Wildman–Crippen LogP) is 3.01. The summed E-state index contributed by atoms with van der Waals surface area (Å²) in [5.41, 5.74) is 1.85. The molecule has 5 nitrogen and oxygen atoms in total. The standard InChI is InChI=1S/C16H19NO4S/c1-10-5-6-22-15(10)16(18)17-9-11-7-12(19-2)14(21-4)13(8-11)20-3/h5-8H,9H2,1-4H3,(H,17,18). The van der Waals surface area contributed by atoms with E-state index in [4.69, 9.17) is 14.2 Å². The van der Waals surface area contributed by atoms with Crippen molar-refractivity contribution in [1.29, 1.82) is 0 Å². The molecule has 0 bridgehead atoms. The summed E-state index contributed by atoms with van der Waals surface area (Å²) in [6.45, 7) is 2.30. The van der Waals surface area contributed by atoms with Crippen LogP contribution in [0.5, 0.6) is 17.2 Å². The second kappa shape index (κ2) is 7.17. The Kier molecular flexibility index (Phi) is 5.27. The topological polar surface area (TPSA) is 56.8 Å². The van der Waals surface area contributed by atoms with Gasteiger partial charge in [-0.3, -0.25) is 4.79 Å². The number of nitrogens with one attached hydrogen (secondary N) is 1. The molecule has 0 atom stereocenters. The zero-order valence-corrected chi connectivity index (χ0v) is 13.9. The number of carbonyl (C=O) groups excluding carboxylic acids is 1. The van der Waals surface area contributed by atoms with Crippen molar-refractivity contribution in [3.8, 4) is 17.2 Å². The van der Waals surface area contributed by atoms with Gasteiger partial charge in [-0.15, -0.1) is 11.3 Å². The normalized spacial score (nSPS) is 10.2. The molecule has 0 saturated heterocycles. The van der Waals surface area contributed by atoms with Crippen molar-refractivity contribution in [2.45, 2.75) is 13.5 Å². The Balaban J connectivity index is 2.16. The Labute approximate surface area is 133 Å². The van der Waals surface area contributed by atoms with Gasteiger partial charge in [0.2, 0.25) is 5.75 Å². The number of hydrogen-bond donors (Lipinski definition) is 1. The van der Waals surface area contributed by atoms with Gasteiger partial charge in [-0.2, -0.15) is 0 Å². The maximum absolute atomic E-state index is 12.1. The first-order valence-corrected chi connectivity index (χ1v) is 7.59. The first-order valence-electron chi connectivity index (χ1n) is 6.71. The van der Waals surface area contributed by atoms with Crippen LogP contribution in [0, 0.1) is 6.92 Å². The van der Waals surface area contributed by atoms with Crippen molar-refractivity contribution in [2.75, 3.05) is 21.3 Å². The second-order valence-corrected chi connectivity index (χ2v) is 5.57. The molecular weight excluding hydrogens is 302 g/mol. The van der Waals surface area contributed by atoms with Gasteiger partial charge >= 0.3 is 0 Å². The van der Waals surface area contributed by atoms with Gasteiger partial charge < -0.3 is 19.5 Å². The lowest BCUT2D eigenvalue weighted by molar-refractivity contribution is 0.0954. The molecule has 118 valence electrons. The fourth-order valence-electron chi connectivity index (χ4n) is 2.11. The zero-order valence-electron chi connectivity index (χ0n) is 13.1. The lowest BCUT2D eigenvalue weighted by Gasteiger charge is -2.14.